The predicted octanol–water partition coefficient (Wildman–Crippen LogP) is 3.85. The Labute approximate surface area is 183 Å². The van der Waals surface area contributed by atoms with Crippen molar-refractivity contribution in [3.63, 3.8) is 0 Å². The molecule has 0 saturated carbocycles. The second kappa shape index (κ2) is 9.38. The topological polar surface area (TPSA) is 70.6 Å². The maximum atomic E-state index is 14.1. The monoisotopic (exact) mass is 469 g/mol. The number of sulfone groups is 1. The summed E-state index contributed by atoms with van der Waals surface area (Å²) in [5.41, 5.74) is 0.170. The molecule has 0 saturated heterocycles. The van der Waals surface area contributed by atoms with E-state index in [-0.39, 0.29) is 22.1 Å². The Kier molecular flexibility index (Phi) is 7.07. The summed E-state index contributed by atoms with van der Waals surface area (Å²) < 4.78 is 40.1. The lowest BCUT2D eigenvalue weighted by atomic mass is 10.3. The number of hydrogen-bond acceptors (Lipinski definition) is 6. The molecule has 3 aromatic rings. The van der Waals surface area contributed by atoms with E-state index < -0.39 is 27.3 Å². The van der Waals surface area contributed by atoms with E-state index >= 15 is 0 Å². The first-order valence-electron chi connectivity index (χ1n) is 9.16. The first-order chi connectivity index (χ1) is 14.2. The number of anilines is 1. The second-order valence-electron chi connectivity index (χ2n) is 7.00. The molecule has 0 unspecified atom stereocenters. The molecule has 6 nitrogen and oxygen atoms in total. The number of rotatable bonds is 8. The van der Waals surface area contributed by atoms with Gasteiger partial charge in [0.25, 0.3) is 0 Å². The highest BCUT2D eigenvalue weighted by Gasteiger charge is 2.26. The van der Waals surface area contributed by atoms with E-state index in [0.29, 0.717) is 22.7 Å². The third-order valence-corrected chi connectivity index (χ3v) is 7.28. The third kappa shape index (κ3) is 5.34. The molecule has 0 bridgehead atoms. The summed E-state index contributed by atoms with van der Waals surface area (Å²) in [6.07, 6.45) is 0.609. The predicted molar refractivity (Wildman–Crippen MR) is 119 cm³/mol. The molecule has 0 aliphatic heterocycles. The number of para-hydroxylation sites is 1. The number of thiazole rings is 1. The normalized spacial score (nSPS) is 11.9. The van der Waals surface area contributed by atoms with Crippen molar-refractivity contribution in [3.8, 4) is 0 Å². The largest absolute Gasteiger partial charge is 0.309 e. The minimum atomic E-state index is -3.87. The van der Waals surface area contributed by atoms with Gasteiger partial charge in [-0.2, -0.15) is 0 Å². The SMILES string of the molecule is CN(C)CCCN(C(=O)CS(=O)(=O)c1ccc(Cl)cc1)c1nc2c(F)cccc2s1. The molecule has 30 heavy (non-hydrogen) atoms. The second-order valence-corrected chi connectivity index (χ2v) is 10.4. The summed E-state index contributed by atoms with van der Waals surface area (Å²) in [7, 11) is -0.0525. The summed E-state index contributed by atoms with van der Waals surface area (Å²) in [5.74, 6) is -1.80. The fraction of sp³-hybridized carbons (Fsp3) is 0.300. The zero-order chi connectivity index (χ0) is 21.9. The van der Waals surface area contributed by atoms with Crippen molar-refractivity contribution in [1.82, 2.24) is 9.88 Å². The van der Waals surface area contributed by atoms with Gasteiger partial charge in [0, 0.05) is 11.6 Å². The van der Waals surface area contributed by atoms with Gasteiger partial charge >= 0.3 is 0 Å². The number of halogens is 2. The van der Waals surface area contributed by atoms with Crippen molar-refractivity contribution in [1.29, 1.82) is 0 Å². The first-order valence-corrected chi connectivity index (χ1v) is 12.0. The Morgan fingerprint density at radius 1 is 1.13 bits per heavy atom. The Morgan fingerprint density at radius 3 is 2.47 bits per heavy atom. The van der Waals surface area contributed by atoms with Gasteiger partial charge in [-0.3, -0.25) is 9.69 Å². The molecule has 2 aromatic carbocycles. The quantitative estimate of drug-likeness (QED) is 0.501. The Hall–Kier alpha value is -2.07. The molecule has 10 heteroatoms. The molecule has 0 aliphatic carbocycles. The van der Waals surface area contributed by atoms with Crippen LogP contribution in [0, 0.1) is 5.82 Å². The fourth-order valence-electron chi connectivity index (χ4n) is 2.86. The van der Waals surface area contributed by atoms with Gasteiger partial charge in [-0.05, 0) is 63.5 Å². The van der Waals surface area contributed by atoms with Gasteiger partial charge in [0.2, 0.25) is 5.91 Å². The van der Waals surface area contributed by atoms with Gasteiger partial charge in [0.15, 0.2) is 15.0 Å². The number of benzene rings is 2. The molecule has 160 valence electrons. The Bertz CT molecular complexity index is 1150. The molecule has 3 rings (SSSR count). The van der Waals surface area contributed by atoms with Crippen LogP contribution in [-0.4, -0.2) is 57.1 Å². The number of aromatic nitrogens is 1. The number of carbonyl (C=O) groups is 1. The summed E-state index contributed by atoms with van der Waals surface area (Å²) in [4.78, 5) is 20.6. The number of carbonyl (C=O) groups excluding carboxylic acids is 1. The molecule has 0 atom stereocenters. The number of nitrogens with zero attached hydrogens (tertiary/aromatic N) is 3. The third-order valence-electron chi connectivity index (χ3n) is 4.36. The standard InChI is InChI=1S/C20H21ClFN3O3S2/c1-24(2)11-4-12-25(20-23-19-16(22)5-3-6-17(19)29-20)18(26)13-30(27,28)15-9-7-14(21)8-10-15/h3,5-10H,4,11-13H2,1-2H3. The van der Waals surface area contributed by atoms with Crippen LogP contribution >= 0.6 is 22.9 Å². The lowest BCUT2D eigenvalue weighted by Gasteiger charge is -2.21. The van der Waals surface area contributed by atoms with Crippen LogP contribution in [0.25, 0.3) is 10.2 Å². The molecule has 0 aliphatic rings. The number of hydrogen-bond donors (Lipinski definition) is 0. The van der Waals surface area contributed by atoms with Gasteiger partial charge < -0.3 is 4.90 Å². The summed E-state index contributed by atoms with van der Waals surface area (Å²) >= 11 is 6.98. The van der Waals surface area contributed by atoms with Crippen molar-refractivity contribution < 1.29 is 17.6 Å². The highest BCUT2D eigenvalue weighted by atomic mass is 35.5. The van der Waals surface area contributed by atoms with Crippen molar-refractivity contribution in [2.24, 2.45) is 0 Å². The van der Waals surface area contributed by atoms with Gasteiger partial charge in [-0.1, -0.05) is 29.0 Å². The van der Waals surface area contributed by atoms with Crippen LogP contribution in [0.3, 0.4) is 0 Å². The highest BCUT2D eigenvalue weighted by Crippen LogP contribution is 2.31. The molecule has 1 aromatic heterocycles. The van der Waals surface area contributed by atoms with Crippen LogP contribution in [0.15, 0.2) is 47.4 Å². The zero-order valence-corrected chi connectivity index (χ0v) is 18.9. The van der Waals surface area contributed by atoms with Crippen LogP contribution in [0.2, 0.25) is 5.02 Å². The van der Waals surface area contributed by atoms with Crippen molar-refractivity contribution in [2.75, 3.05) is 37.8 Å². The molecule has 1 heterocycles. The minimum Gasteiger partial charge on any atom is -0.309 e. The summed E-state index contributed by atoms with van der Waals surface area (Å²) in [6, 6.07) is 10.3. The van der Waals surface area contributed by atoms with Crippen LogP contribution in [0.1, 0.15) is 6.42 Å². The van der Waals surface area contributed by atoms with Crippen molar-refractivity contribution in [2.45, 2.75) is 11.3 Å². The van der Waals surface area contributed by atoms with E-state index in [1.165, 1.54) is 35.2 Å². The zero-order valence-electron chi connectivity index (χ0n) is 16.5. The average Bonchev–Trinajstić information content (AvgIpc) is 3.10. The molecule has 0 spiro atoms. The maximum Gasteiger partial charge on any atom is 0.244 e. The maximum absolute atomic E-state index is 14.1. The molecular formula is C20H21ClFN3O3S2. The van der Waals surface area contributed by atoms with Gasteiger partial charge in [-0.25, -0.2) is 17.8 Å². The van der Waals surface area contributed by atoms with Gasteiger partial charge in [0.1, 0.15) is 17.1 Å². The molecule has 1 amide bonds. The van der Waals surface area contributed by atoms with Gasteiger partial charge in [0.05, 0.1) is 9.60 Å². The van der Waals surface area contributed by atoms with Crippen LogP contribution in [-0.2, 0) is 14.6 Å². The van der Waals surface area contributed by atoms with E-state index in [1.807, 2.05) is 19.0 Å². The van der Waals surface area contributed by atoms with E-state index in [9.17, 15) is 17.6 Å². The summed E-state index contributed by atoms with van der Waals surface area (Å²) in [6.45, 7) is 0.974. The first kappa shape index (κ1) is 22.6. The lowest BCUT2D eigenvalue weighted by Crippen LogP contribution is -2.37. The van der Waals surface area contributed by atoms with Crippen LogP contribution < -0.4 is 4.90 Å². The van der Waals surface area contributed by atoms with Crippen LogP contribution in [0.4, 0.5) is 9.52 Å². The van der Waals surface area contributed by atoms with Crippen LogP contribution in [0.5, 0.6) is 0 Å². The molecule has 0 N–H and O–H groups in total. The molecular weight excluding hydrogens is 449 g/mol. The Balaban J connectivity index is 1.89. The number of amides is 1. The fourth-order valence-corrected chi connectivity index (χ4v) is 5.20. The average molecular weight is 470 g/mol. The van der Waals surface area contributed by atoms with Crippen molar-refractivity contribution >= 4 is 54.0 Å². The Morgan fingerprint density at radius 2 is 1.83 bits per heavy atom. The van der Waals surface area contributed by atoms with Gasteiger partial charge in [-0.15, -0.1) is 0 Å². The minimum absolute atomic E-state index is 0.0174. The smallest absolute Gasteiger partial charge is 0.244 e. The highest BCUT2D eigenvalue weighted by molar-refractivity contribution is 7.92. The molecule has 0 radical (unpaired) electrons. The number of fused-ring (bicyclic) bond motifs is 1. The van der Waals surface area contributed by atoms with Crippen molar-refractivity contribution in [3.05, 3.63) is 53.3 Å². The van der Waals surface area contributed by atoms with E-state index in [4.69, 9.17) is 11.6 Å². The summed E-state index contributed by atoms with van der Waals surface area (Å²) in [5, 5.41) is 0.687. The molecule has 0 fully saturated rings. The lowest BCUT2D eigenvalue weighted by molar-refractivity contribution is -0.116. The van der Waals surface area contributed by atoms with E-state index in [1.54, 1.807) is 12.1 Å². The van der Waals surface area contributed by atoms with E-state index in [0.717, 1.165) is 11.3 Å². The van der Waals surface area contributed by atoms with E-state index in [2.05, 4.69) is 4.98 Å².